The molecule has 5 nitrogen and oxygen atoms in total. The van der Waals surface area contributed by atoms with E-state index >= 15 is 0 Å². The number of quaternary nitrogens is 1. The first-order valence-corrected chi connectivity index (χ1v) is 9.80. The summed E-state index contributed by atoms with van der Waals surface area (Å²) in [6.07, 6.45) is 1.79. The lowest BCUT2D eigenvalue weighted by molar-refractivity contribution is -0.899. The van der Waals surface area contributed by atoms with Gasteiger partial charge in [-0.25, -0.2) is 0 Å². The van der Waals surface area contributed by atoms with Crippen LogP contribution in [0.5, 0.6) is 0 Å². The summed E-state index contributed by atoms with van der Waals surface area (Å²) >= 11 is 0. The van der Waals surface area contributed by atoms with Crippen LogP contribution in [0.25, 0.3) is 0 Å². The smallest absolute Gasteiger partial charge is 0.275 e. The molecule has 1 aliphatic heterocycles. The standard InChI is InChI=1S/C21H33N3O2/c1-14(2)16-7-9-17(10-8-16)20(15(3)4)23-19(25)13-24-11-5-6-18(12-24)21(22)26/h7-10,14-15,18,20H,5-6,11-13H2,1-4H3,(H2,22,26)(H,23,25)/p+1/t18-,20+/m0/s1. The minimum absolute atomic E-state index is 0.000148. The van der Waals surface area contributed by atoms with Crippen LogP contribution >= 0.6 is 0 Å². The molecule has 0 bridgehead atoms. The van der Waals surface area contributed by atoms with Crippen LogP contribution in [0.2, 0.25) is 0 Å². The van der Waals surface area contributed by atoms with Crippen LogP contribution < -0.4 is 16.0 Å². The lowest BCUT2D eigenvalue weighted by Gasteiger charge is -2.29. The fourth-order valence-corrected chi connectivity index (χ4v) is 3.73. The van der Waals surface area contributed by atoms with Crippen LogP contribution in [0, 0.1) is 11.8 Å². The highest BCUT2D eigenvalue weighted by Gasteiger charge is 2.29. The fraction of sp³-hybridized carbons (Fsp3) is 0.619. The van der Waals surface area contributed by atoms with Gasteiger partial charge in [-0.15, -0.1) is 0 Å². The Kier molecular flexibility index (Phi) is 7.21. The van der Waals surface area contributed by atoms with E-state index in [0.717, 1.165) is 29.8 Å². The lowest BCUT2D eigenvalue weighted by Crippen LogP contribution is -3.15. The van der Waals surface area contributed by atoms with Gasteiger partial charge in [-0.3, -0.25) is 9.59 Å². The van der Waals surface area contributed by atoms with Gasteiger partial charge in [-0.05, 0) is 35.8 Å². The van der Waals surface area contributed by atoms with E-state index < -0.39 is 0 Å². The Balaban J connectivity index is 1.98. The quantitative estimate of drug-likeness (QED) is 0.687. The zero-order valence-corrected chi connectivity index (χ0v) is 16.5. The third-order valence-corrected chi connectivity index (χ3v) is 5.38. The molecular formula is C21H34N3O2+. The van der Waals surface area contributed by atoms with Crippen LogP contribution in [0.3, 0.4) is 0 Å². The van der Waals surface area contributed by atoms with E-state index in [4.69, 9.17) is 5.73 Å². The average Bonchev–Trinajstić information content (AvgIpc) is 2.59. The Morgan fingerprint density at radius 1 is 1.15 bits per heavy atom. The molecule has 1 aromatic carbocycles. The number of piperidine rings is 1. The third kappa shape index (κ3) is 5.56. The van der Waals surface area contributed by atoms with E-state index in [1.54, 1.807) is 0 Å². The molecule has 1 saturated heterocycles. The molecule has 5 heteroatoms. The van der Waals surface area contributed by atoms with Gasteiger partial charge in [0.05, 0.1) is 25.0 Å². The van der Waals surface area contributed by atoms with Gasteiger partial charge in [0.2, 0.25) is 5.91 Å². The zero-order valence-electron chi connectivity index (χ0n) is 16.5. The van der Waals surface area contributed by atoms with Crippen molar-refractivity contribution in [1.29, 1.82) is 0 Å². The molecule has 2 rings (SSSR count). The van der Waals surface area contributed by atoms with Crippen molar-refractivity contribution in [1.82, 2.24) is 5.32 Å². The molecule has 26 heavy (non-hydrogen) atoms. The van der Waals surface area contributed by atoms with Gasteiger partial charge in [-0.1, -0.05) is 52.0 Å². The molecule has 0 radical (unpaired) electrons. The summed E-state index contributed by atoms with van der Waals surface area (Å²) in [4.78, 5) is 25.2. The topological polar surface area (TPSA) is 76.6 Å². The van der Waals surface area contributed by atoms with Gasteiger partial charge in [-0.2, -0.15) is 0 Å². The summed E-state index contributed by atoms with van der Waals surface area (Å²) < 4.78 is 0. The molecule has 2 amide bonds. The summed E-state index contributed by atoms with van der Waals surface area (Å²) in [7, 11) is 0. The van der Waals surface area contributed by atoms with Crippen LogP contribution in [-0.2, 0) is 9.59 Å². The predicted molar refractivity (Wildman–Crippen MR) is 104 cm³/mol. The molecule has 0 saturated carbocycles. The van der Waals surface area contributed by atoms with E-state index in [1.165, 1.54) is 5.56 Å². The molecule has 3 atom stereocenters. The molecule has 1 aliphatic rings. The summed E-state index contributed by atoms with van der Waals surface area (Å²) in [5.74, 6) is 0.497. The first-order valence-electron chi connectivity index (χ1n) is 9.80. The summed E-state index contributed by atoms with van der Waals surface area (Å²) in [5, 5.41) is 3.20. The summed E-state index contributed by atoms with van der Waals surface area (Å²) in [6.45, 7) is 10.6. The second-order valence-corrected chi connectivity index (χ2v) is 8.23. The maximum absolute atomic E-state index is 12.6. The lowest BCUT2D eigenvalue weighted by atomic mass is 9.93. The van der Waals surface area contributed by atoms with Crippen LogP contribution in [0.1, 0.15) is 63.6 Å². The van der Waals surface area contributed by atoms with Crippen molar-refractivity contribution in [3.63, 3.8) is 0 Å². The Bertz CT molecular complexity index is 610. The first-order chi connectivity index (χ1) is 12.3. The number of hydrogen-bond donors (Lipinski definition) is 3. The Labute approximate surface area is 157 Å². The number of benzene rings is 1. The minimum atomic E-state index is -0.243. The molecule has 144 valence electrons. The normalized spacial score (nSPS) is 21.6. The van der Waals surface area contributed by atoms with Crippen molar-refractivity contribution in [3.8, 4) is 0 Å². The number of carbonyl (C=O) groups excluding carboxylic acids is 2. The number of nitrogens with two attached hydrogens (primary N) is 1. The Morgan fingerprint density at radius 3 is 2.31 bits per heavy atom. The van der Waals surface area contributed by atoms with Gasteiger partial charge in [0.15, 0.2) is 6.54 Å². The highest BCUT2D eigenvalue weighted by atomic mass is 16.2. The largest absolute Gasteiger partial charge is 0.369 e. The molecule has 4 N–H and O–H groups in total. The van der Waals surface area contributed by atoms with Gasteiger partial charge in [0.25, 0.3) is 5.91 Å². The number of amides is 2. The third-order valence-electron chi connectivity index (χ3n) is 5.38. The monoisotopic (exact) mass is 360 g/mol. The van der Waals surface area contributed by atoms with E-state index in [2.05, 4.69) is 57.3 Å². The maximum atomic E-state index is 12.6. The van der Waals surface area contributed by atoms with Gasteiger partial charge >= 0.3 is 0 Å². The van der Waals surface area contributed by atoms with Crippen molar-refractivity contribution >= 4 is 11.8 Å². The number of primary amides is 1. The van der Waals surface area contributed by atoms with Crippen molar-refractivity contribution in [2.75, 3.05) is 19.6 Å². The van der Waals surface area contributed by atoms with Crippen LogP contribution in [0.4, 0.5) is 0 Å². The second kappa shape index (κ2) is 9.17. The average molecular weight is 361 g/mol. The maximum Gasteiger partial charge on any atom is 0.275 e. The number of rotatable bonds is 7. The van der Waals surface area contributed by atoms with Crippen molar-refractivity contribution < 1.29 is 14.5 Å². The summed E-state index contributed by atoms with van der Waals surface area (Å²) in [6, 6.07) is 8.54. The number of likely N-dealkylation sites (tertiary alicyclic amines) is 1. The van der Waals surface area contributed by atoms with Crippen LogP contribution in [-0.4, -0.2) is 31.4 Å². The molecule has 1 heterocycles. The molecule has 1 fully saturated rings. The molecular weight excluding hydrogens is 326 g/mol. The van der Waals surface area contributed by atoms with Gasteiger partial charge in [0, 0.05) is 0 Å². The molecule has 0 aromatic heterocycles. The fourth-order valence-electron chi connectivity index (χ4n) is 3.73. The van der Waals surface area contributed by atoms with E-state index in [-0.39, 0.29) is 23.8 Å². The number of carbonyl (C=O) groups is 2. The van der Waals surface area contributed by atoms with Crippen molar-refractivity contribution in [3.05, 3.63) is 35.4 Å². The minimum Gasteiger partial charge on any atom is -0.369 e. The van der Waals surface area contributed by atoms with E-state index in [9.17, 15) is 9.59 Å². The Hall–Kier alpha value is -1.88. The SMILES string of the molecule is CC(C)c1ccc([C@H](NC(=O)C[NH+]2CCC[C@H](C(N)=O)C2)C(C)C)cc1. The molecule has 0 spiro atoms. The molecule has 1 aromatic rings. The second-order valence-electron chi connectivity index (χ2n) is 8.23. The van der Waals surface area contributed by atoms with Gasteiger partial charge < -0.3 is 16.0 Å². The first kappa shape index (κ1) is 20.4. The predicted octanol–water partition coefficient (Wildman–Crippen LogP) is 1.40. The van der Waals surface area contributed by atoms with Crippen LogP contribution in [0.15, 0.2) is 24.3 Å². The molecule has 1 unspecified atom stereocenters. The van der Waals surface area contributed by atoms with Crippen molar-refractivity contribution in [2.45, 2.75) is 52.5 Å². The number of hydrogen-bond acceptors (Lipinski definition) is 2. The van der Waals surface area contributed by atoms with E-state index in [0.29, 0.717) is 24.9 Å². The zero-order chi connectivity index (χ0) is 19.3. The molecule has 0 aliphatic carbocycles. The highest BCUT2D eigenvalue weighted by Crippen LogP contribution is 2.24. The summed E-state index contributed by atoms with van der Waals surface area (Å²) in [5.41, 5.74) is 7.88. The highest BCUT2D eigenvalue weighted by molar-refractivity contribution is 5.78. The van der Waals surface area contributed by atoms with Gasteiger partial charge in [0.1, 0.15) is 0 Å². The number of nitrogens with one attached hydrogen (secondary N) is 2. The van der Waals surface area contributed by atoms with Crippen molar-refractivity contribution in [2.24, 2.45) is 17.6 Å². The Morgan fingerprint density at radius 2 is 1.77 bits per heavy atom. The van der Waals surface area contributed by atoms with E-state index in [1.807, 2.05) is 0 Å².